The molecule has 0 saturated carbocycles. The lowest BCUT2D eigenvalue weighted by Crippen LogP contribution is -2.38. The predicted molar refractivity (Wildman–Crippen MR) is 139 cm³/mol. The fraction of sp³-hybridized carbons (Fsp3) is 0.609. The molecule has 3 heterocycles. The first-order valence-corrected chi connectivity index (χ1v) is 11.0. The molecule has 3 rings (SSSR count). The van der Waals surface area contributed by atoms with Gasteiger partial charge in [-0.3, -0.25) is 9.67 Å². The Balaban J connectivity index is 0.00000341. The van der Waals surface area contributed by atoms with Crippen molar-refractivity contribution in [2.24, 2.45) is 18.0 Å². The zero-order valence-corrected chi connectivity index (χ0v) is 22.1. The second kappa shape index (κ2) is 11.7. The first-order valence-electron chi connectivity index (χ1n) is 11.0. The van der Waals surface area contributed by atoms with Gasteiger partial charge >= 0.3 is 0 Å². The van der Waals surface area contributed by atoms with Crippen LogP contribution < -0.4 is 10.2 Å². The maximum absolute atomic E-state index is 4.70. The number of nitrogens with zero attached hydrogens (tertiary/aromatic N) is 6. The average Bonchev–Trinajstić information content (AvgIpc) is 3.10. The second-order valence-electron chi connectivity index (χ2n) is 8.82. The highest BCUT2D eigenvalue weighted by Crippen LogP contribution is 2.21. The van der Waals surface area contributed by atoms with Gasteiger partial charge in [-0.05, 0) is 36.3 Å². The van der Waals surface area contributed by atoms with Gasteiger partial charge in [-0.25, -0.2) is 4.98 Å². The standard InChI is InChI=1S/C23H37N7.HI/c1-17(2)22-20(16-29(6)27-22)15-28(5)23(24-4)26-14-19-7-8-21(25-13-19)30-11-9-18(3)10-12-30;/h7-8,13,16-18H,9-12,14-15H2,1-6H3,(H,24,26);1H. The van der Waals surface area contributed by atoms with Crippen LogP contribution in [-0.2, 0) is 20.1 Å². The maximum atomic E-state index is 4.70. The van der Waals surface area contributed by atoms with Crippen LogP contribution in [0, 0.1) is 5.92 Å². The number of rotatable bonds is 6. The van der Waals surface area contributed by atoms with E-state index in [9.17, 15) is 0 Å². The number of hydrogen-bond acceptors (Lipinski definition) is 4. The average molecular weight is 540 g/mol. The van der Waals surface area contributed by atoms with Crippen LogP contribution in [0.3, 0.4) is 0 Å². The van der Waals surface area contributed by atoms with Crippen LogP contribution in [0.5, 0.6) is 0 Å². The summed E-state index contributed by atoms with van der Waals surface area (Å²) in [6.07, 6.45) is 6.58. The largest absolute Gasteiger partial charge is 0.357 e. The summed E-state index contributed by atoms with van der Waals surface area (Å²) in [5.74, 6) is 3.18. The number of halogens is 1. The van der Waals surface area contributed by atoms with Crippen LogP contribution in [0.4, 0.5) is 5.82 Å². The molecule has 8 heteroatoms. The molecule has 0 spiro atoms. The Bertz CT molecular complexity index is 836. The molecule has 1 fully saturated rings. The summed E-state index contributed by atoms with van der Waals surface area (Å²) in [7, 11) is 5.86. The third-order valence-electron chi connectivity index (χ3n) is 5.83. The van der Waals surface area contributed by atoms with E-state index in [0.29, 0.717) is 12.5 Å². The lowest BCUT2D eigenvalue weighted by molar-refractivity contribution is 0.436. The molecule has 1 aliphatic heterocycles. The Morgan fingerprint density at radius 2 is 2.00 bits per heavy atom. The number of aryl methyl sites for hydroxylation is 1. The van der Waals surface area contributed by atoms with Crippen molar-refractivity contribution < 1.29 is 0 Å². The number of piperidine rings is 1. The minimum atomic E-state index is 0. The number of nitrogens with one attached hydrogen (secondary N) is 1. The third kappa shape index (κ3) is 6.82. The molecule has 0 amide bonds. The van der Waals surface area contributed by atoms with Gasteiger partial charge in [-0.15, -0.1) is 24.0 Å². The highest BCUT2D eigenvalue weighted by molar-refractivity contribution is 14.0. The Labute approximate surface area is 204 Å². The van der Waals surface area contributed by atoms with Gasteiger partial charge in [-0.1, -0.05) is 26.8 Å². The first-order chi connectivity index (χ1) is 14.4. The quantitative estimate of drug-likeness (QED) is 0.342. The molecule has 172 valence electrons. The summed E-state index contributed by atoms with van der Waals surface area (Å²) in [6, 6.07) is 4.31. The SMILES string of the molecule is CN=C(NCc1ccc(N2CCC(C)CC2)nc1)N(C)Cc1cn(C)nc1C(C)C.I. The molecule has 0 atom stereocenters. The summed E-state index contributed by atoms with van der Waals surface area (Å²) in [5.41, 5.74) is 3.54. The van der Waals surface area contributed by atoms with Crippen molar-refractivity contribution in [3.05, 3.63) is 41.3 Å². The van der Waals surface area contributed by atoms with Crippen LogP contribution in [0.25, 0.3) is 0 Å². The van der Waals surface area contributed by atoms with E-state index in [1.807, 2.05) is 25.0 Å². The first kappa shape index (κ1) is 25.4. The van der Waals surface area contributed by atoms with E-state index < -0.39 is 0 Å². The van der Waals surface area contributed by atoms with Crippen molar-refractivity contribution in [1.82, 2.24) is 25.0 Å². The monoisotopic (exact) mass is 539 g/mol. The zero-order chi connectivity index (χ0) is 21.7. The van der Waals surface area contributed by atoms with Gasteiger partial charge in [0, 0.05) is 65.3 Å². The van der Waals surface area contributed by atoms with E-state index in [0.717, 1.165) is 48.6 Å². The molecular formula is C23H38IN7. The molecule has 1 saturated heterocycles. The van der Waals surface area contributed by atoms with Crippen molar-refractivity contribution in [3.63, 3.8) is 0 Å². The van der Waals surface area contributed by atoms with Crippen molar-refractivity contribution >= 4 is 35.8 Å². The topological polar surface area (TPSA) is 61.6 Å². The van der Waals surface area contributed by atoms with Gasteiger partial charge < -0.3 is 15.1 Å². The number of aliphatic imine (C=N–C) groups is 1. The van der Waals surface area contributed by atoms with Crippen molar-refractivity contribution in [3.8, 4) is 0 Å². The molecule has 0 aliphatic carbocycles. The molecule has 2 aromatic heterocycles. The molecule has 1 N–H and O–H groups in total. The summed E-state index contributed by atoms with van der Waals surface area (Å²) in [6.45, 7) is 10.4. The lowest BCUT2D eigenvalue weighted by Gasteiger charge is -2.31. The predicted octanol–water partition coefficient (Wildman–Crippen LogP) is 4.00. The van der Waals surface area contributed by atoms with Gasteiger partial charge in [0.1, 0.15) is 5.82 Å². The van der Waals surface area contributed by atoms with Crippen LogP contribution in [-0.4, -0.2) is 52.8 Å². The Hall–Kier alpha value is -1.84. The van der Waals surface area contributed by atoms with E-state index in [-0.39, 0.29) is 24.0 Å². The van der Waals surface area contributed by atoms with Gasteiger partial charge in [0.05, 0.1) is 5.69 Å². The molecule has 7 nitrogen and oxygen atoms in total. The van der Waals surface area contributed by atoms with Gasteiger partial charge in [-0.2, -0.15) is 5.10 Å². The summed E-state index contributed by atoms with van der Waals surface area (Å²) >= 11 is 0. The lowest BCUT2D eigenvalue weighted by atomic mass is 9.99. The molecule has 0 radical (unpaired) electrons. The van der Waals surface area contributed by atoms with E-state index in [1.54, 1.807) is 0 Å². The number of hydrogen-bond donors (Lipinski definition) is 1. The minimum absolute atomic E-state index is 0. The summed E-state index contributed by atoms with van der Waals surface area (Å²) in [4.78, 5) is 13.7. The molecule has 1 aliphatic rings. The molecule has 2 aromatic rings. The second-order valence-corrected chi connectivity index (χ2v) is 8.82. The number of aromatic nitrogens is 3. The maximum Gasteiger partial charge on any atom is 0.193 e. The van der Waals surface area contributed by atoms with Crippen LogP contribution in [0.1, 0.15) is 56.4 Å². The Kier molecular flexibility index (Phi) is 9.58. The fourth-order valence-electron chi connectivity index (χ4n) is 4.01. The normalized spacial score (nSPS) is 15.2. The number of guanidine groups is 1. The fourth-order valence-corrected chi connectivity index (χ4v) is 4.01. The van der Waals surface area contributed by atoms with E-state index in [2.05, 4.69) is 71.4 Å². The van der Waals surface area contributed by atoms with Crippen molar-refractivity contribution in [2.75, 3.05) is 32.1 Å². The van der Waals surface area contributed by atoms with Crippen LogP contribution in [0.15, 0.2) is 29.5 Å². The van der Waals surface area contributed by atoms with Gasteiger partial charge in [0.15, 0.2) is 5.96 Å². The van der Waals surface area contributed by atoms with E-state index >= 15 is 0 Å². The van der Waals surface area contributed by atoms with Gasteiger partial charge in [0.25, 0.3) is 0 Å². The number of pyridine rings is 1. The molecule has 0 aromatic carbocycles. The molecule has 0 unspecified atom stereocenters. The highest BCUT2D eigenvalue weighted by Gasteiger charge is 2.17. The molecular weight excluding hydrogens is 501 g/mol. The van der Waals surface area contributed by atoms with E-state index in [1.165, 1.54) is 18.4 Å². The van der Waals surface area contributed by atoms with E-state index in [4.69, 9.17) is 4.98 Å². The smallest absolute Gasteiger partial charge is 0.193 e. The summed E-state index contributed by atoms with van der Waals surface area (Å²) in [5, 5.41) is 8.07. The van der Waals surface area contributed by atoms with Gasteiger partial charge in [0.2, 0.25) is 0 Å². The highest BCUT2D eigenvalue weighted by atomic mass is 127. The Morgan fingerprint density at radius 1 is 1.29 bits per heavy atom. The van der Waals surface area contributed by atoms with Crippen molar-refractivity contribution in [2.45, 2.75) is 52.6 Å². The third-order valence-corrected chi connectivity index (χ3v) is 5.83. The Morgan fingerprint density at radius 3 is 2.58 bits per heavy atom. The zero-order valence-electron chi connectivity index (χ0n) is 19.8. The molecule has 31 heavy (non-hydrogen) atoms. The van der Waals surface area contributed by atoms with Crippen LogP contribution >= 0.6 is 24.0 Å². The number of anilines is 1. The van der Waals surface area contributed by atoms with Crippen molar-refractivity contribution in [1.29, 1.82) is 0 Å². The van der Waals surface area contributed by atoms with Crippen LogP contribution in [0.2, 0.25) is 0 Å². The minimum Gasteiger partial charge on any atom is -0.357 e. The summed E-state index contributed by atoms with van der Waals surface area (Å²) < 4.78 is 1.89. The molecule has 0 bridgehead atoms.